The van der Waals surface area contributed by atoms with Crippen LogP contribution >= 0.6 is 27.3 Å². The van der Waals surface area contributed by atoms with Crippen molar-refractivity contribution in [1.29, 1.82) is 0 Å². The van der Waals surface area contributed by atoms with Gasteiger partial charge in [-0.3, -0.25) is 0 Å². The number of methoxy groups -OCH3 is 1. The zero-order chi connectivity index (χ0) is 24.8. The van der Waals surface area contributed by atoms with Crippen LogP contribution in [0.3, 0.4) is 0 Å². The Morgan fingerprint density at radius 3 is 2.57 bits per heavy atom. The smallest absolute Gasteiger partial charge is 0.351 e. The van der Waals surface area contributed by atoms with Gasteiger partial charge in [0.15, 0.2) is 17.2 Å². The van der Waals surface area contributed by atoms with Crippen molar-refractivity contribution in [1.82, 2.24) is 0 Å². The third-order valence-electron chi connectivity index (χ3n) is 5.25. The third kappa shape index (κ3) is 5.83. The molecule has 0 unspecified atom stereocenters. The first-order valence-electron chi connectivity index (χ1n) is 11.0. The molecule has 0 saturated carbocycles. The van der Waals surface area contributed by atoms with Crippen LogP contribution < -0.4 is 10.1 Å². The van der Waals surface area contributed by atoms with Crippen molar-refractivity contribution in [2.45, 2.75) is 13.5 Å². The first-order valence-corrected chi connectivity index (χ1v) is 12.6. The molecule has 6 nitrogen and oxygen atoms in total. The number of carbonyl (C=O) groups is 2. The minimum Gasteiger partial charge on any atom is -0.479 e. The average molecular weight is 554 g/mol. The number of benzene rings is 3. The van der Waals surface area contributed by atoms with Gasteiger partial charge < -0.3 is 19.5 Å². The Hall–Kier alpha value is -3.36. The molecule has 0 aliphatic heterocycles. The van der Waals surface area contributed by atoms with Crippen LogP contribution in [0, 0.1) is 0 Å². The van der Waals surface area contributed by atoms with Gasteiger partial charge in [-0.15, -0.1) is 11.3 Å². The number of halogens is 1. The fourth-order valence-electron chi connectivity index (χ4n) is 3.59. The van der Waals surface area contributed by atoms with Gasteiger partial charge in [-0.2, -0.15) is 0 Å². The van der Waals surface area contributed by atoms with Gasteiger partial charge in [0.05, 0.1) is 23.1 Å². The van der Waals surface area contributed by atoms with E-state index in [1.165, 1.54) is 34.8 Å². The lowest BCUT2D eigenvalue weighted by Gasteiger charge is -2.10. The molecule has 0 aliphatic carbocycles. The van der Waals surface area contributed by atoms with Crippen LogP contribution in [0.15, 0.2) is 71.2 Å². The van der Waals surface area contributed by atoms with Crippen molar-refractivity contribution in [2.75, 3.05) is 25.6 Å². The van der Waals surface area contributed by atoms with Crippen molar-refractivity contribution < 1.29 is 23.8 Å². The van der Waals surface area contributed by atoms with Gasteiger partial charge in [0.2, 0.25) is 0 Å². The van der Waals surface area contributed by atoms with E-state index in [4.69, 9.17) is 14.2 Å². The summed E-state index contributed by atoms with van der Waals surface area (Å²) in [6, 6.07) is 22.6. The normalized spacial score (nSPS) is 10.7. The van der Waals surface area contributed by atoms with Gasteiger partial charge in [0.1, 0.15) is 0 Å². The second-order valence-corrected chi connectivity index (χ2v) is 9.42. The molecule has 0 amide bonds. The monoisotopic (exact) mass is 553 g/mol. The lowest BCUT2D eigenvalue weighted by Crippen LogP contribution is -2.15. The van der Waals surface area contributed by atoms with Crippen LogP contribution in [-0.2, 0) is 20.8 Å². The number of esters is 2. The number of hydrogen-bond acceptors (Lipinski definition) is 7. The summed E-state index contributed by atoms with van der Waals surface area (Å²) in [5, 5.41) is 5.88. The Bertz CT molecular complexity index is 1370. The maximum absolute atomic E-state index is 12.4. The van der Waals surface area contributed by atoms with Crippen molar-refractivity contribution in [3.8, 4) is 16.2 Å². The molecular formula is C27H24BrNO5S. The third-order valence-corrected chi connectivity index (χ3v) is 7.47. The molecular weight excluding hydrogens is 530 g/mol. The lowest BCUT2D eigenvalue weighted by molar-refractivity contribution is -0.145. The number of nitrogens with one attached hydrogen (secondary N) is 1. The Balaban J connectivity index is 1.56. The van der Waals surface area contributed by atoms with E-state index in [9.17, 15) is 9.59 Å². The number of fused-ring (bicyclic) bond motifs is 1. The van der Waals surface area contributed by atoms with Crippen LogP contribution in [0.4, 0.5) is 5.69 Å². The molecule has 1 aromatic heterocycles. The van der Waals surface area contributed by atoms with Crippen molar-refractivity contribution in [2.24, 2.45) is 0 Å². The van der Waals surface area contributed by atoms with E-state index >= 15 is 0 Å². The molecule has 0 bridgehead atoms. The largest absolute Gasteiger partial charge is 0.479 e. The van der Waals surface area contributed by atoms with E-state index in [0.717, 1.165) is 16.1 Å². The lowest BCUT2D eigenvalue weighted by atomic mass is 10.1. The highest BCUT2D eigenvalue weighted by atomic mass is 79.9. The molecule has 0 spiro atoms. The van der Waals surface area contributed by atoms with E-state index in [1.807, 2.05) is 36.4 Å². The molecule has 1 heterocycles. The molecule has 35 heavy (non-hydrogen) atoms. The van der Waals surface area contributed by atoms with E-state index in [0.29, 0.717) is 11.0 Å². The van der Waals surface area contributed by atoms with Gasteiger partial charge in [-0.1, -0.05) is 48.5 Å². The highest BCUT2D eigenvalue weighted by Crippen LogP contribution is 2.46. The number of hydrogen-bond donors (Lipinski definition) is 1. The fourth-order valence-corrected chi connectivity index (χ4v) is 5.56. The topological polar surface area (TPSA) is 73.9 Å². The van der Waals surface area contributed by atoms with Crippen molar-refractivity contribution in [3.05, 3.63) is 81.6 Å². The summed E-state index contributed by atoms with van der Waals surface area (Å²) in [7, 11) is 1.31. The summed E-state index contributed by atoms with van der Waals surface area (Å²) >= 11 is 4.79. The number of carbonyl (C=O) groups excluding carboxylic acids is 2. The van der Waals surface area contributed by atoms with Gasteiger partial charge in [0, 0.05) is 12.2 Å². The van der Waals surface area contributed by atoms with Gasteiger partial charge >= 0.3 is 11.9 Å². The van der Waals surface area contributed by atoms with E-state index in [2.05, 4.69) is 51.6 Å². The van der Waals surface area contributed by atoms with Crippen LogP contribution in [0.5, 0.6) is 5.75 Å². The zero-order valence-corrected chi connectivity index (χ0v) is 21.7. The Morgan fingerprint density at radius 2 is 1.80 bits per heavy atom. The van der Waals surface area contributed by atoms with Gasteiger partial charge in [-0.25, -0.2) is 9.59 Å². The maximum Gasteiger partial charge on any atom is 0.351 e. The predicted octanol–water partition coefficient (Wildman–Crippen LogP) is 6.67. The Morgan fingerprint density at radius 1 is 1.00 bits per heavy atom. The average Bonchev–Trinajstić information content (AvgIpc) is 3.22. The molecule has 0 atom stereocenters. The summed E-state index contributed by atoms with van der Waals surface area (Å²) in [5.74, 6) is -0.784. The minimum absolute atomic E-state index is 0.251. The summed E-state index contributed by atoms with van der Waals surface area (Å²) in [6.07, 6.45) is 0. The number of anilines is 1. The molecule has 0 fully saturated rings. The first kappa shape index (κ1) is 24.8. The summed E-state index contributed by atoms with van der Waals surface area (Å²) < 4.78 is 16.1. The van der Waals surface area contributed by atoms with Crippen molar-refractivity contribution in [3.63, 3.8) is 0 Å². The van der Waals surface area contributed by atoms with Crippen LogP contribution in [0.1, 0.15) is 22.2 Å². The Kier molecular flexibility index (Phi) is 8.05. The zero-order valence-electron chi connectivity index (χ0n) is 19.3. The molecule has 1 N–H and O–H groups in total. The number of thiophene rings is 1. The molecule has 4 aromatic rings. The highest BCUT2D eigenvalue weighted by molar-refractivity contribution is 9.10. The maximum atomic E-state index is 12.4. The van der Waals surface area contributed by atoms with Crippen molar-refractivity contribution >= 4 is 55.7 Å². The van der Waals surface area contributed by atoms with Gasteiger partial charge in [0.25, 0.3) is 0 Å². The Labute approximate surface area is 216 Å². The molecule has 3 aromatic carbocycles. The quantitative estimate of drug-likeness (QED) is 0.233. The van der Waals surface area contributed by atoms with E-state index in [-0.39, 0.29) is 23.8 Å². The number of rotatable bonds is 9. The molecule has 8 heteroatoms. The predicted molar refractivity (Wildman–Crippen MR) is 142 cm³/mol. The van der Waals surface area contributed by atoms with Gasteiger partial charge in [-0.05, 0) is 63.0 Å². The second kappa shape index (κ2) is 11.4. The molecule has 0 saturated heterocycles. The van der Waals surface area contributed by atoms with Crippen LogP contribution in [0.2, 0.25) is 0 Å². The SMILES string of the molecule is CCOC(=O)COc1c(C(=O)OC)sc(-c2cccc(NCc3ccc4ccccc4c3)c2)c1Br. The molecule has 0 aliphatic rings. The molecule has 0 radical (unpaired) electrons. The van der Waals surface area contributed by atoms with E-state index in [1.54, 1.807) is 6.92 Å². The molecule has 180 valence electrons. The first-order chi connectivity index (χ1) is 17.0. The second-order valence-electron chi connectivity index (χ2n) is 7.60. The number of ether oxygens (including phenoxy) is 3. The van der Waals surface area contributed by atoms with Crippen LogP contribution in [-0.4, -0.2) is 32.3 Å². The van der Waals surface area contributed by atoms with Crippen LogP contribution in [0.25, 0.3) is 21.2 Å². The highest BCUT2D eigenvalue weighted by Gasteiger charge is 2.25. The summed E-state index contributed by atoms with van der Waals surface area (Å²) in [6.45, 7) is 2.33. The summed E-state index contributed by atoms with van der Waals surface area (Å²) in [4.78, 5) is 25.2. The standard InChI is InChI=1S/C27H24BrNO5S/c1-3-33-22(30)16-34-24-23(28)25(35-26(24)27(31)32-2)20-9-6-10-21(14-20)29-15-17-11-12-18-7-4-5-8-19(18)13-17/h4-14,29H,3,15-16H2,1-2H3. The molecule has 4 rings (SSSR count). The fraction of sp³-hybridized carbons (Fsp3) is 0.185. The van der Waals surface area contributed by atoms with E-state index < -0.39 is 11.9 Å². The summed E-state index contributed by atoms with van der Waals surface area (Å²) in [5.41, 5.74) is 3.00. The minimum atomic E-state index is -0.536.